The molecule has 1 N–H and O–H groups in total. The van der Waals surface area contributed by atoms with E-state index in [1.807, 2.05) is 12.1 Å². The van der Waals surface area contributed by atoms with Crippen LogP contribution in [0.3, 0.4) is 0 Å². The smallest absolute Gasteiger partial charge is 0.0595 e. The summed E-state index contributed by atoms with van der Waals surface area (Å²) in [7, 11) is 0. The van der Waals surface area contributed by atoms with Gasteiger partial charge in [-0.1, -0.05) is 55.5 Å². The quantitative estimate of drug-likeness (QED) is 0.716. The highest BCUT2D eigenvalue weighted by Crippen LogP contribution is 2.32. The average molecular weight is 332 g/mol. The summed E-state index contributed by atoms with van der Waals surface area (Å²) in [6, 6.07) is 6.35. The summed E-state index contributed by atoms with van der Waals surface area (Å²) in [6.45, 7) is 3.12. The maximum absolute atomic E-state index is 6.14. The molecule has 0 saturated heterocycles. The molecule has 1 nitrogen and oxygen atoms in total. The van der Waals surface area contributed by atoms with Crippen molar-refractivity contribution < 1.29 is 0 Å². The third kappa shape index (κ3) is 4.84. The Balaban J connectivity index is 1.96. The second kappa shape index (κ2) is 8.53. The van der Waals surface area contributed by atoms with Gasteiger partial charge in [0.2, 0.25) is 0 Å². The zero-order chi connectivity index (χ0) is 14.4. The monoisotopic (exact) mass is 331 g/mol. The Hall–Kier alpha value is 0.110. The van der Waals surface area contributed by atoms with Crippen molar-refractivity contribution in [1.29, 1.82) is 0 Å². The Bertz CT molecular complexity index is 419. The molecule has 0 heterocycles. The largest absolute Gasteiger partial charge is 0.310 e. The van der Waals surface area contributed by atoms with Crippen molar-refractivity contribution in [2.24, 2.45) is 0 Å². The summed E-state index contributed by atoms with van der Waals surface area (Å²) >= 11 is 14.3. The van der Waals surface area contributed by atoms with Crippen LogP contribution in [0.2, 0.25) is 10.0 Å². The minimum atomic E-state index is 0.363. The highest BCUT2D eigenvalue weighted by atomic mass is 35.5. The Morgan fingerprint density at radius 1 is 1.20 bits per heavy atom. The molecule has 20 heavy (non-hydrogen) atoms. The first kappa shape index (κ1) is 16.5. The van der Waals surface area contributed by atoms with Crippen molar-refractivity contribution in [3.63, 3.8) is 0 Å². The number of benzene rings is 1. The molecule has 1 aliphatic carbocycles. The summed E-state index contributed by atoms with van der Waals surface area (Å²) in [5, 5.41) is 5.68. The first-order valence-electron chi connectivity index (χ1n) is 7.50. The minimum Gasteiger partial charge on any atom is -0.310 e. The van der Waals surface area contributed by atoms with Gasteiger partial charge in [0.1, 0.15) is 0 Å². The molecular formula is C16H23Cl2NS. The lowest BCUT2D eigenvalue weighted by Gasteiger charge is -2.25. The van der Waals surface area contributed by atoms with Crippen LogP contribution < -0.4 is 5.32 Å². The lowest BCUT2D eigenvalue weighted by atomic mass is 10.0. The van der Waals surface area contributed by atoms with E-state index in [9.17, 15) is 0 Å². The summed E-state index contributed by atoms with van der Waals surface area (Å²) in [5.41, 5.74) is 1.24. The molecule has 1 saturated carbocycles. The minimum absolute atomic E-state index is 0.363. The highest BCUT2D eigenvalue weighted by Gasteiger charge is 2.18. The molecule has 1 atom stereocenters. The topological polar surface area (TPSA) is 12.0 Å². The van der Waals surface area contributed by atoms with Crippen LogP contribution >= 0.6 is 35.0 Å². The van der Waals surface area contributed by atoms with Gasteiger partial charge < -0.3 is 5.32 Å². The van der Waals surface area contributed by atoms with E-state index in [0.717, 1.165) is 17.5 Å². The van der Waals surface area contributed by atoms with Crippen molar-refractivity contribution in [3.8, 4) is 0 Å². The first-order chi connectivity index (χ1) is 9.70. The molecule has 1 unspecified atom stereocenters. The van der Waals surface area contributed by atoms with Crippen LogP contribution in [0.15, 0.2) is 18.2 Å². The normalized spacial score (nSPS) is 18.1. The van der Waals surface area contributed by atoms with Gasteiger partial charge in [0, 0.05) is 17.0 Å². The first-order valence-corrected chi connectivity index (χ1v) is 9.31. The van der Waals surface area contributed by atoms with Crippen LogP contribution in [0.25, 0.3) is 0 Å². The molecule has 0 aliphatic heterocycles. The Morgan fingerprint density at radius 3 is 2.60 bits per heavy atom. The number of rotatable bonds is 6. The van der Waals surface area contributed by atoms with Crippen LogP contribution in [0.4, 0.5) is 0 Å². The molecule has 0 bridgehead atoms. The van der Waals surface area contributed by atoms with Crippen LogP contribution in [0, 0.1) is 0 Å². The maximum atomic E-state index is 6.14. The fourth-order valence-corrected chi connectivity index (χ4v) is 4.46. The van der Waals surface area contributed by atoms with Gasteiger partial charge in [-0.25, -0.2) is 0 Å². The average Bonchev–Trinajstić information content (AvgIpc) is 2.47. The molecule has 1 fully saturated rings. The standard InChI is InChI=1S/C16H23Cl2NS/c1-2-19-16(11-20-13-6-4-3-5-7-13)12-8-9-14(17)15(18)10-12/h8-10,13,16,19H,2-7,11H2,1H3. The van der Waals surface area contributed by atoms with E-state index in [0.29, 0.717) is 16.1 Å². The second-order valence-corrected chi connectivity index (χ2v) is 7.52. The molecule has 1 aromatic rings. The maximum Gasteiger partial charge on any atom is 0.0595 e. The molecule has 4 heteroatoms. The van der Waals surface area contributed by atoms with Crippen LogP contribution in [0.5, 0.6) is 0 Å². The van der Waals surface area contributed by atoms with Gasteiger partial charge in [-0.05, 0) is 37.1 Å². The van der Waals surface area contributed by atoms with Gasteiger partial charge in [-0.2, -0.15) is 11.8 Å². The third-order valence-corrected chi connectivity index (χ3v) is 6.05. The van der Waals surface area contributed by atoms with Gasteiger partial charge in [0.25, 0.3) is 0 Å². The van der Waals surface area contributed by atoms with Crippen molar-refractivity contribution in [2.45, 2.75) is 50.3 Å². The fraction of sp³-hybridized carbons (Fsp3) is 0.625. The SMILES string of the molecule is CCNC(CSC1CCCCC1)c1ccc(Cl)c(Cl)c1. The zero-order valence-electron chi connectivity index (χ0n) is 12.0. The third-order valence-electron chi connectivity index (χ3n) is 3.85. The number of thioether (sulfide) groups is 1. The van der Waals surface area contributed by atoms with Crippen molar-refractivity contribution in [2.75, 3.05) is 12.3 Å². The van der Waals surface area contributed by atoms with E-state index in [2.05, 4.69) is 30.1 Å². The molecule has 0 radical (unpaired) electrons. The van der Waals surface area contributed by atoms with Crippen molar-refractivity contribution in [1.82, 2.24) is 5.32 Å². The van der Waals surface area contributed by atoms with E-state index in [1.54, 1.807) is 0 Å². The van der Waals surface area contributed by atoms with Crippen molar-refractivity contribution in [3.05, 3.63) is 33.8 Å². The van der Waals surface area contributed by atoms with Crippen molar-refractivity contribution >= 4 is 35.0 Å². The predicted molar refractivity (Wildman–Crippen MR) is 92.2 cm³/mol. The van der Waals surface area contributed by atoms with E-state index in [1.165, 1.54) is 37.7 Å². The van der Waals surface area contributed by atoms with Gasteiger partial charge in [-0.3, -0.25) is 0 Å². The summed E-state index contributed by atoms with van der Waals surface area (Å²) < 4.78 is 0. The molecular weight excluding hydrogens is 309 g/mol. The molecule has 2 rings (SSSR count). The van der Waals surface area contributed by atoms with Gasteiger partial charge in [0.05, 0.1) is 10.0 Å². The number of hydrogen-bond acceptors (Lipinski definition) is 2. The molecule has 1 aliphatic rings. The fourth-order valence-electron chi connectivity index (χ4n) is 2.71. The highest BCUT2D eigenvalue weighted by molar-refractivity contribution is 7.99. The summed E-state index contributed by atoms with van der Waals surface area (Å²) in [4.78, 5) is 0. The number of halogens is 2. The van der Waals surface area contributed by atoms with E-state index in [4.69, 9.17) is 23.2 Å². The Morgan fingerprint density at radius 2 is 1.95 bits per heavy atom. The number of hydrogen-bond donors (Lipinski definition) is 1. The zero-order valence-corrected chi connectivity index (χ0v) is 14.3. The molecule has 0 spiro atoms. The molecule has 112 valence electrons. The van der Waals surface area contributed by atoms with Gasteiger partial charge in [-0.15, -0.1) is 0 Å². The van der Waals surface area contributed by atoms with Crippen LogP contribution in [-0.4, -0.2) is 17.5 Å². The van der Waals surface area contributed by atoms with Crippen LogP contribution in [-0.2, 0) is 0 Å². The predicted octanol–water partition coefficient (Wildman–Crippen LogP) is 5.71. The molecule has 0 aromatic heterocycles. The summed E-state index contributed by atoms with van der Waals surface area (Å²) in [5.74, 6) is 1.11. The summed E-state index contributed by atoms with van der Waals surface area (Å²) in [6.07, 6.45) is 6.98. The molecule has 0 amide bonds. The van der Waals surface area contributed by atoms with Gasteiger partial charge in [0.15, 0.2) is 0 Å². The van der Waals surface area contributed by atoms with Crippen LogP contribution in [0.1, 0.15) is 50.6 Å². The second-order valence-electron chi connectivity index (χ2n) is 5.38. The van der Waals surface area contributed by atoms with Gasteiger partial charge >= 0.3 is 0 Å². The Kier molecular flexibility index (Phi) is 7.03. The molecule has 1 aromatic carbocycles. The lowest BCUT2D eigenvalue weighted by Crippen LogP contribution is -2.24. The van der Waals surface area contributed by atoms with E-state index in [-0.39, 0.29) is 0 Å². The number of nitrogens with one attached hydrogen (secondary N) is 1. The Labute approximate surface area is 136 Å². The van der Waals surface area contributed by atoms with E-state index >= 15 is 0 Å². The lowest BCUT2D eigenvalue weighted by molar-refractivity contribution is 0.514. The van der Waals surface area contributed by atoms with E-state index < -0.39 is 0 Å².